The molecule has 0 radical (unpaired) electrons. The van der Waals surface area contributed by atoms with Gasteiger partial charge in [0.2, 0.25) is 0 Å². The molecule has 7 heteroatoms. The Hall–Kier alpha value is -2.44. The number of carboxylic acids is 1. The predicted molar refractivity (Wildman–Crippen MR) is 94.4 cm³/mol. The smallest absolute Gasteiger partial charge is 0.410 e. The number of benzene rings is 1. The fraction of sp³-hybridized carbons (Fsp3) is 0.556. The highest BCUT2D eigenvalue weighted by Gasteiger charge is 2.27. The summed E-state index contributed by atoms with van der Waals surface area (Å²) < 4.78 is 10.7. The molecule has 1 fully saturated rings. The zero-order chi connectivity index (χ0) is 18.6. The van der Waals surface area contributed by atoms with Gasteiger partial charge in [-0.15, -0.1) is 0 Å². The zero-order valence-corrected chi connectivity index (χ0v) is 15.2. The van der Waals surface area contributed by atoms with Gasteiger partial charge < -0.3 is 24.8 Å². The average molecular weight is 350 g/mol. The van der Waals surface area contributed by atoms with E-state index < -0.39 is 11.6 Å². The number of nitrogens with one attached hydrogen (secondary N) is 1. The molecule has 1 aromatic rings. The van der Waals surface area contributed by atoms with E-state index in [2.05, 4.69) is 5.32 Å². The SMILES string of the molecule is COc1cc(C(=O)O)ccc1NC1CCN(C(=O)OC(C)(C)C)CC1. The standard InChI is InChI=1S/C18H26N2O5/c1-18(2,3)25-17(23)20-9-7-13(8-10-20)19-14-6-5-12(16(21)22)11-15(14)24-4/h5-6,11,13,19H,7-10H2,1-4H3,(H,21,22). The van der Waals surface area contributed by atoms with Gasteiger partial charge in [-0.2, -0.15) is 0 Å². The molecule has 0 aliphatic carbocycles. The Labute approximate surface area is 147 Å². The number of aromatic carboxylic acids is 1. The molecule has 25 heavy (non-hydrogen) atoms. The van der Waals surface area contributed by atoms with E-state index in [1.54, 1.807) is 17.0 Å². The molecule has 1 aliphatic rings. The number of ether oxygens (including phenoxy) is 2. The molecule has 0 saturated carbocycles. The quantitative estimate of drug-likeness (QED) is 0.867. The first-order chi connectivity index (χ1) is 11.7. The molecule has 138 valence electrons. The third-order valence-corrected chi connectivity index (χ3v) is 3.95. The van der Waals surface area contributed by atoms with Crippen molar-refractivity contribution in [3.05, 3.63) is 23.8 Å². The highest BCUT2D eigenvalue weighted by molar-refractivity contribution is 5.89. The molecular weight excluding hydrogens is 324 g/mol. The topological polar surface area (TPSA) is 88.1 Å². The van der Waals surface area contributed by atoms with Crippen LogP contribution >= 0.6 is 0 Å². The van der Waals surface area contributed by atoms with Crippen LogP contribution in [0.4, 0.5) is 10.5 Å². The Balaban J connectivity index is 1.94. The highest BCUT2D eigenvalue weighted by atomic mass is 16.6. The summed E-state index contributed by atoms with van der Waals surface area (Å²) in [5, 5.41) is 12.4. The highest BCUT2D eigenvalue weighted by Crippen LogP contribution is 2.28. The minimum absolute atomic E-state index is 0.183. The second-order valence-corrected chi connectivity index (χ2v) is 7.11. The van der Waals surface area contributed by atoms with E-state index in [1.165, 1.54) is 13.2 Å². The summed E-state index contributed by atoms with van der Waals surface area (Å²) in [6, 6.07) is 4.94. The van der Waals surface area contributed by atoms with E-state index in [9.17, 15) is 9.59 Å². The molecule has 0 spiro atoms. The van der Waals surface area contributed by atoms with Crippen LogP contribution in [0, 0.1) is 0 Å². The Morgan fingerprint density at radius 2 is 1.88 bits per heavy atom. The number of rotatable bonds is 4. The van der Waals surface area contributed by atoms with E-state index in [0.29, 0.717) is 18.8 Å². The maximum atomic E-state index is 12.1. The van der Waals surface area contributed by atoms with Gasteiger partial charge in [0.25, 0.3) is 0 Å². The van der Waals surface area contributed by atoms with Crippen LogP contribution in [0.25, 0.3) is 0 Å². The van der Waals surface area contributed by atoms with Gasteiger partial charge in [-0.1, -0.05) is 0 Å². The normalized spacial score (nSPS) is 15.6. The number of methoxy groups -OCH3 is 1. The molecule has 1 saturated heterocycles. The van der Waals surface area contributed by atoms with Gasteiger partial charge in [-0.05, 0) is 51.8 Å². The van der Waals surface area contributed by atoms with Crippen molar-refractivity contribution in [2.75, 3.05) is 25.5 Å². The van der Waals surface area contributed by atoms with E-state index in [0.717, 1.165) is 18.5 Å². The van der Waals surface area contributed by atoms with Crippen LogP contribution in [0.2, 0.25) is 0 Å². The Morgan fingerprint density at radius 1 is 1.24 bits per heavy atom. The van der Waals surface area contributed by atoms with Crippen molar-refractivity contribution in [1.82, 2.24) is 4.90 Å². The van der Waals surface area contributed by atoms with Gasteiger partial charge in [-0.3, -0.25) is 0 Å². The Kier molecular flexibility index (Phi) is 5.77. The van der Waals surface area contributed by atoms with Crippen LogP contribution in [-0.2, 0) is 4.74 Å². The predicted octanol–water partition coefficient (Wildman–Crippen LogP) is 3.20. The molecule has 0 bridgehead atoms. The van der Waals surface area contributed by atoms with Crippen LogP contribution in [0.15, 0.2) is 18.2 Å². The second-order valence-electron chi connectivity index (χ2n) is 7.11. The number of hydrogen-bond donors (Lipinski definition) is 2. The number of carbonyl (C=O) groups excluding carboxylic acids is 1. The molecule has 0 unspecified atom stereocenters. The number of carboxylic acid groups (broad SMARTS) is 1. The lowest BCUT2D eigenvalue weighted by Gasteiger charge is -2.34. The minimum Gasteiger partial charge on any atom is -0.495 e. The fourth-order valence-corrected chi connectivity index (χ4v) is 2.70. The van der Waals surface area contributed by atoms with Crippen molar-refractivity contribution in [3.63, 3.8) is 0 Å². The molecular formula is C18H26N2O5. The molecule has 1 heterocycles. The summed E-state index contributed by atoms with van der Waals surface area (Å²) in [6.07, 6.45) is 1.28. The van der Waals surface area contributed by atoms with Crippen molar-refractivity contribution in [2.24, 2.45) is 0 Å². The summed E-state index contributed by atoms with van der Waals surface area (Å²) in [5.74, 6) is -0.495. The van der Waals surface area contributed by atoms with Crippen LogP contribution in [0.1, 0.15) is 44.0 Å². The largest absolute Gasteiger partial charge is 0.495 e. The van der Waals surface area contributed by atoms with Crippen molar-refractivity contribution < 1.29 is 24.2 Å². The lowest BCUT2D eigenvalue weighted by Crippen LogP contribution is -2.44. The number of amides is 1. The van der Waals surface area contributed by atoms with Gasteiger partial charge in [0, 0.05) is 19.1 Å². The summed E-state index contributed by atoms with van der Waals surface area (Å²) in [6.45, 7) is 6.79. The lowest BCUT2D eigenvalue weighted by molar-refractivity contribution is 0.0210. The van der Waals surface area contributed by atoms with Gasteiger partial charge in [0.05, 0.1) is 18.4 Å². The maximum Gasteiger partial charge on any atom is 0.410 e. The molecule has 0 atom stereocenters. The van der Waals surface area contributed by atoms with Crippen LogP contribution in [0.3, 0.4) is 0 Å². The summed E-state index contributed by atoms with van der Waals surface area (Å²) in [5.41, 5.74) is 0.441. The van der Waals surface area contributed by atoms with Gasteiger partial charge in [0.15, 0.2) is 0 Å². The van der Waals surface area contributed by atoms with Crippen molar-refractivity contribution in [1.29, 1.82) is 0 Å². The van der Waals surface area contributed by atoms with Crippen molar-refractivity contribution in [2.45, 2.75) is 45.3 Å². The van der Waals surface area contributed by atoms with E-state index in [-0.39, 0.29) is 17.7 Å². The number of anilines is 1. The minimum atomic E-state index is -0.990. The van der Waals surface area contributed by atoms with Gasteiger partial charge in [-0.25, -0.2) is 9.59 Å². The third-order valence-electron chi connectivity index (χ3n) is 3.95. The van der Waals surface area contributed by atoms with E-state index >= 15 is 0 Å². The van der Waals surface area contributed by atoms with E-state index in [4.69, 9.17) is 14.6 Å². The Morgan fingerprint density at radius 3 is 2.40 bits per heavy atom. The monoisotopic (exact) mass is 350 g/mol. The molecule has 0 aromatic heterocycles. The second kappa shape index (κ2) is 7.63. The average Bonchev–Trinajstić information content (AvgIpc) is 2.54. The van der Waals surface area contributed by atoms with Gasteiger partial charge >= 0.3 is 12.1 Å². The van der Waals surface area contributed by atoms with Crippen molar-refractivity contribution >= 4 is 17.7 Å². The number of nitrogens with zero attached hydrogens (tertiary/aromatic N) is 1. The zero-order valence-electron chi connectivity index (χ0n) is 15.2. The lowest BCUT2D eigenvalue weighted by atomic mass is 10.0. The van der Waals surface area contributed by atoms with Crippen LogP contribution in [-0.4, -0.2) is 53.9 Å². The molecule has 1 amide bonds. The molecule has 2 rings (SSSR count). The summed E-state index contributed by atoms with van der Waals surface area (Å²) in [4.78, 5) is 24.8. The number of piperidine rings is 1. The third kappa shape index (κ3) is 5.27. The van der Waals surface area contributed by atoms with Crippen LogP contribution in [0.5, 0.6) is 5.75 Å². The summed E-state index contributed by atoms with van der Waals surface area (Å²) >= 11 is 0. The number of hydrogen-bond acceptors (Lipinski definition) is 5. The van der Waals surface area contributed by atoms with Crippen molar-refractivity contribution in [3.8, 4) is 5.75 Å². The first kappa shape index (κ1) is 18.9. The van der Waals surface area contributed by atoms with Gasteiger partial charge in [0.1, 0.15) is 11.4 Å². The fourth-order valence-electron chi connectivity index (χ4n) is 2.70. The molecule has 7 nitrogen and oxygen atoms in total. The first-order valence-corrected chi connectivity index (χ1v) is 8.35. The molecule has 2 N–H and O–H groups in total. The summed E-state index contributed by atoms with van der Waals surface area (Å²) in [7, 11) is 1.51. The first-order valence-electron chi connectivity index (χ1n) is 8.35. The number of likely N-dealkylation sites (tertiary alicyclic amines) is 1. The number of carbonyl (C=O) groups is 2. The maximum absolute atomic E-state index is 12.1. The van der Waals surface area contributed by atoms with E-state index in [1.807, 2.05) is 20.8 Å². The Bertz CT molecular complexity index is 631. The molecule has 1 aliphatic heterocycles. The molecule has 1 aromatic carbocycles. The van der Waals surface area contributed by atoms with Crippen LogP contribution < -0.4 is 10.1 Å².